The first-order valence-corrected chi connectivity index (χ1v) is 6.95. The van der Waals surface area contributed by atoms with Crippen molar-refractivity contribution < 1.29 is 0 Å². The Morgan fingerprint density at radius 3 is 2.68 bits per heavy atom. The van der Waals surface area contributed by atoms with Crippen molar-refractivity contribution >= 4 is 6.08 Å². The van der Waals surface area contributed by atoms with Gasteiger partial charge in [0.05, 0.1) is 0 Å². The minimum Gasteiger partial charge on any atom is -0.309 e. The summed E-state index contributed by atoms with van der Waals surface area (Å²) in [5.41, 5.74) is 5.66. The van der Waals surface area contributed by atoms with Crippen LogP contribution in [-0.2, 0) is 19.5 Å². The van der Waals surface area contributed by atoms with Crippen molar-refractivity contribution in [3.63, 3.8) is 0 Å². The van der Waals surface area contributed by atoms with Crippen molar-refractivity contribution in [1.29, 1.82) is 0 Å². The van der Waals surface area contributed by atoms with Gasteiger partial charge in [0, 0.05) is 13.1 Å². The van der Waals surface area contributed by atoms with Gasteiger partial charge in [0.1, 0.15) is 0 Å². The second kappa shape index (κ2) is 5.85. The first-order valence-electron chi connectivity index (χ1n) is 6.95. The Balaban J connectivity index is 1.66. The molecule has 0 atom stereocenters. The van der Waals surface area contributed by atoms with E-state index in [-0.39, 0.29) is 0 Å². The number of aryl methyl sites for hydroxylation is 1. The lowest BCUT2D eigenvalue weighted by molar-refractivity contribution is 0.691. The number of hydrogen-bond donors (Lipinski definition) is 1. The van der Waals surface area contributed by atoms with Crippen LogP contribution in [0.25, 0.3) is 6.08 Å². The van der Waals surface area contributed by atoms with Crippen LogP contribution in [-0.4, -0.2) is 0 Å². The Morgan fingerprint density at radius 2 is 1.79 bits per heavy atom. The summed E-state index contributed by atoms with van der Waals surface area (Å²) in [6.07, 6.45) is 6.91. The molecule has 0 unspecified atom stereocenters. The quantitative estimate of drug-likeness (QED) is 0.865. The fourth-order valence-electron chi connectivity index (χ4n) is 2.63. The molecule has 96 valence electrons. The maximum Gasteiger partial charge on any atom is 0.0214 e. The van der Waals surface area contributed by atoms with Crippen molar-refractivity contribution in [3.05, 3.63) is 76.9 Å². The van der Waals surface area contributed by atoms with Gasteiger partial charge in [0.2, 0.25) is 0 Å². The summed E-state index contributed by atoms with van der Waals surface area (Å²) in [7, 11) is 0. The fraction of sp³-hybridized carbons (Fsp3) is 0.222. The Kier molecular flexibility index (Phi) is 3.75. The van der Waals surface area contributed by atoms with Crippen LogP contribution >= 0.6 is 0 Å². The van der Waals surface area contributed by atoms with E-state index in [1.807, 2.05) is 0 Å². The van der Waals surface area contributed by atoms with Crippen LogP contribution in [0.1, 0.15) is 28.7 Å². The summed E-state index contributed by atoms with van der Waals surface area (Å²) in [6, 6.07) is 17.2. The predicted molar refractivity (Wildman–Crippen MR) is 80.8 cm³/mol. The molecule has 1 nitrogen and oxygen atoms in total. The number of hydrogen-bond acceptors (Lipinski definition) is 1. The molecule has 0 radical (unpaired) electrons. The first-order chi connectivity index (χ1) is 9.43. The fourth-order valence-corrected chi connectivity index (χ4v) is 2.63. The van der Waals surface area contributed by atoms with E-state index in [2.05, 4.69) is 66.0 Å². The van der Waals surface area contributed by atoms with E-state index in [1.165, 1.54) is 35.1 Å². The largest absolute Gasteiger partial charge is 0.309 e. The molecule has 1 aliphatic carbocycles. The SMILES string of the molecule is C1=Cc2c(cccc2CNCc2ccccc2)CC1. The van der Waals surface area contributed by atoms with E-state index in [0.717, 1.165) is 13.1 Å². The normalized spacial score (nSPS) is 13.3. The molecular formula is C18H19N. The lowest BCUT2D eigenvalue weighted by Crippen LogP contribution is -2.14. The molecule has 0 aromatic heterocycles. The van der Waals surface area contributed by atoms with Crippen molar-refractivity contribution in [3.8, 4) is 0 Å². The molecule has 0 amide bonds. The summed E-state index contributed by atoms with van der Waals surface area (Å²) in [6.45, 7) is 1.86. The second-order valence-corrected chi connectivity index (χ2v) is 5.02. The number of rotatable bonds is 4. The first kappa shape index (κ1) is 12.2. The molecule has 0 saturated heterocycles. The zero-order valence-electron chi connectivity index (χ0n) is 11.1. The van der Waals surface area contributed by atoms with Crippen LogP contribution in [0.5, 0.6) is 0 Å². The molecule has 0 fully saturated rings. The molecule has 0 aliphatic heterocycles. The monoisotopic (exact) mass is 249 g/mol. The molecule has 3 rings (SSSR count). The lowest BCUT2D eigenvalue weighted by Gasteiger charge is -2.15. The third kappa shape index (κ3) is 2.94. The highest BCUT2D eigenvalue weighted by Gasteiger charge is 2.08. The van der Waals surface area contributed by atoms with Gasteiger partial charge in [-0.25, -0.2) is 0 Å². The molecule has 1 heteroatoms. The topological polar surface area (TPSA) is 12.0 Å². The van der Waals surface area contributed by atoms with Crippen LogP contribution in [0, 0.1) is 0 Å². The van der Waals surface area contributed by atoms with Gasteiger partial charge >= 0.3 is 0 Å². The Hall–Kier alpha value is -1.86. The molecule has 0 bridgehead atoms. The number of benzene rings is 2. The average molecular weight is 249 g/mol. The second-order valence-electron chi connectivity index (χ2n) is 5.02. The van der Waals surface area contributed by atoms with Crippen molar-refractivity contribution in [2.24, 2.45) is 0 Å². The molecule has 0 heterocycles. The van der Waals surface area contributed by atoms with Gasteiger partial charge in [-0.3, -0.25) is 0 Å². The Morgan fingerprint density at radius 1 is 0.895 bits per heavy atom. The predicted octanol–water partition coefficient (Wildman–Crippen LogP) is 3.94. The van der Waals surface area contributed by atoms with Gasteiger partial charge < -0.3 is 5.32 Å². The van der Waals surface area contributed by atoms with Gasteiger partial charge in [-0.2, -0.15) is 0 Å². The van der Waals surface area contributed by atoms with Crippen LogP contribution < -0.4 is 5.32 Å². The van der Waals surface area contributed by atoms with Gasteiger partial charge in [-0.05, 0) is 35.1 Å². The number of nitrogens with one attached hydrogen (secondary N) is 1. The van der Waals surface area contributed by atoms with E-state index in [9.17, 15) is 0 Å². The summed E-state index contributed by atoms with van der Waals surface area (Å²) in [5.74, 6) is 0. The van der Waals surface area contributed by atoms with Crippen molar-refractivity contribution in [1.82, 2.24) is 5.32 Å². The summed E-state index contributed by atoms with van der Waals surface area (Å²) >= 11 is 0. The zero-order valence-corrected chi connectivity index (χ0v) is 11.1. The molecule has 1 aliphatic rings. The zero-order chi connectivity index (χ0) is 12.9. The standard InChI is InChI=1S/C18H19N/c1-2-7-15(8-3-1)13-19-14-17-11-6-10-16-9-4-5-12-18(16)17/h1-3,5-8,10-12,19H,4,9,13-14H2. The maximum absolute atomic E-state index is 3.53. The van der Waals surface area contributed by atoms with E-state index in [1.54, 1.807) is 0 Å². The third-order valence-corrected chi connectivity index (χ3v) is 3.64. The smallest absolute Gasteiger partial charge is 0.0214 e. The van der Waals surface area contributed by atoms with Gasteiger partial charge in [-0.15, -0.1) is 0 Å². The van der Waals surface area contributed by atoms with E-state index >= 15 is 0 Å². The summed E-state index contributed by atoms with van der Waals surface area (Å²) < 4.78 is 0. The molecule has 2 aromatic rings. The summed E-state index contributed by atoms with van der Waals surface area (Å²) in [4.78, 5) is 0. The molecule has 0 saturated carbocycles. The average Bonchev–Trinajstić information content (AvgIpc) is 2.49. The van der Waals surface area contributed by atoms with E-state index in [0.29, 0.717) is 0 Å². The minimum absolute atomic E-state index is 0.925. The maximum atomic E-state index is 3.53. The third-order valence-electron chi connectivity index (χ3n) is 3.64. The van der Waals surface area contributed by atoms with Gasteiger partial charge in [-0.1, -0.05) is 60.7 Å². The number of allylic oxidation sites excluding steroid dienone is 1. The highest BCUT2D eigenvalue weighted by Crippen LogP contribution is 2.22. The highest BCUT2D eigenvalue weighted by atomic mass is 14.8. The Labute approximate surface area is 115 Å². The summed E-state index contributed by atoms with van der Waals surface area (Å²) in [5, 5.41) is 3.53. The molecule has 19 heavy (non-hydrogen) atoms. The van der Waals surface area contributed by atoms with Gasteiger partial charge in [0.15, 0.2) is 0 Å². The van der Waals surface area contributed by atoms with Crippen LogP contribution in [0.15, 0.2) is 54.6 Å². The molecule has 1 N–H and O–H groups in total. The molecule has 0 spiro atoms. The molecule has 2 aromatic carbocycles. The van der Waals surface area contributed by atoms with Crippen molar-refractivity contribution in [2.45, 2.75) is 25.9 Å². The van der Waals surface area contributed by atoms with Crippen LogP contribution in [0.2, 0.25) is 0 Å². The van der Waals surface area contributed by atoms with Crippen molar-refractivity contribution in [2.75, 3.05) is 0 Å². The van der Waals surface area contributed by atoms with E-state index < -0.39 is 0 Å². The van der Waals surface area contributed by atoms with Gasteiger partial charge in [0.25, 0.3) is 0 Å². The van der Waals surface area contributed by atoms with Crippen LogP contribution in [0.3, 0.4) is 0 Å². The van der Waals surface area contributed by atoms with Crippen LogP contribution in [0.4, 0.5) is 0 Å². The molecular weight excluding hydrogens is 230 g/mol. The number of fused-ring (bicyclic) bond motifs is 1. The minimum atomic E-state index is 0.925. The lowest BCUT2D eigenvalue weighted by atomic mass is 9.93. The van der Waals surface area contributed by atoms with E-state index in [4.69, 9.17) is 0 Å². The Bertz CT molecular complexity index is 569. The highest BCUT2D eigenvalue weighted by molar-refractivity contribution is 5.60.